The van der Waals surface area contributed by atoms with Crippen LogP contribution in [-0.2, 0) is 12.8 Å². The lowest BCUT2D eigenvalue weighted by Gasteiger charge is -2.21. The summed E-state index contributed by atoms with van der Waals surface area (Å²) in [7, 11) is 0. The highest BCUT2D eigenvalue weighted by Crippen LogP contribution is 2.40. The van der Waals surface area contributed by atoms with Crippen LogP contribution < -0.4 is 0 Å². The van der Waals surface area contributed by atoms with Gasteiger partial charge in [-0.15, -0.1) is 11.3 Å². The van der Waals surface area contributed by atoms with E-state index in [0.29, 0.717) is 5.15 Å². The fourth-order valence-corrected chi connectivity index (χ4v) is 4.28. The number of hydrogen-bond acceptors (Lipinski definition) is 3. The Morgan fingerprint density at radius 1 is 1.47 bits per heavy atom. The molecule has 0 bridgehead atoms. The second-order valence-electron chi connectivity index (χ2n) is 4.75. The van der Waals surface area contributed by atoms with Crippen molar-refractivity contribution in [1.82, 2.24) is 9.97 Å². The molecule has 2 aromatic heterocycles. The lowest BCUT2D eigenvalue weighted by atomic mass is 9.85. The summed E-state index contributed by atoms with van der Waals surface area (Å²) in [4.78, 5) is 11.0. The Hall–Kier alpha value is -0.670. The predicted molar refractivity (Wildman–Crippen MR) is 72.8 cm³/mol. The Morgan fingerprint density at radius 3 is 3.18 bits per heavy atom. The van der Waals surface area contributed by atoms with E-state index in [4.69, 9.17) is 11.6 Å². The predicted octanol–water partition coefficient (Wildman–Crippen LogP) is 4.25. The van der Waals surface area contributed by atoms with Crippen molar-refractivity contribution in [3.05, 3.63) is 21.9 Å². The molecule has 2 nitrogen and oxygen atoms in total. The van der Waals surface area contributed by atoms with Crippen molar-refractivity contribution < 1.29 is 0 Å². The molecule has 0 unspecified atom stereocenters. The van der Waals surface area contributed by atoms with Gasteiger partial charge in [-0.1, -0.05) is 31.4 Å². The molecule has 0 aromatic carbocycles. The summed E-state index contributed by atoms with van der Waals surface area (Å²) >= 11 is 8.01. The average Bonchev–Trinajstić information content (AvgIpc) is 2.68. The van der Waals surface area contributed by atoms with Crippen LogP contribution in [0.25, 0.3) is 10.2 Å². The summed E-state index contributed by atoms with van der Waals surface area (Å²) in [5.74, 6) is 0.821. The van der Waals surface area contributed by atoms with Crippen LogP contribution in [0, 0.1) is 5.92 Å². The highest BCUT2D eigenvalue weighted by molar-refractivity contribution is 7.19. The fraction of sp³-hybridized carbons (Fsp3) is 0.538. The van der Waals surface area contributed by atoms with E-state index in [1.807, 2.05) is 0 Å². The maximum atomic E-state index is 6.22. The van der Waals surface area contributed by atoms with Gasteiger partial charge in [-0.3, -0.25) is 0 Å². The molecule has 2 heterocycles. The van der Waals surface area contributed by atoms with Crippen molar-refractivity contribution in [3.63, 3.8) is 0 Å². The van der Waals surface area contributed by atoms with E-state index in [9.17, 15) is 0 Å². The van der Waals surface area contributed by atoms with Gasteiger partial charge in [0.25, 0.3) is 0 Å². The first-order valence-electron chi connectivity index (χ1n) is 6.20. The van der Waals surface area contributed by atoms with Crippen molar-refractivity contribution in [2.24, 2.45) is 5.92 Å². The van der Waals surface area contributed by atoms with Gasteiger partial charge in [-0.25, -0.2) is 9.97 Å². The van der Waals surface area contributed by atoms with Gasteiger partial charge in [0, 0.05) is 4.88 Å². The van der Waals surface area contributed by atoms with E-state index < -0.39 is 0 Å². The minimum Gasteiger partial charge on any atom is -0.225 e. The molecule has 4 heteroatoms. The normalized spacial score (nSPS) is 19.5. The first-order chi connectivity index (χ1) is 8.29. The zero-order valence-electron chi connectivity index (χ0n) is 9.87. The summed E-state index contributed by atoms with van der Waals surface area (Å²) in [6.45, 7) is 2.26. The minimum absolute atomic E-state index is 0.629. The zero-order valence-corrected chi connectivity index (χ0v) is 11.4. The molecule has 0 N–H and O–H groups in total. The second kappa shape index (κ2) is 4.54. The minimum atomic E-state index is 0.629. The smallest absolute Gasteiger partial charge is 0.141 e. The lowest BCUT2D eigenvalue weighted by molar-refractivity contribution is 0.427. The monoisotopic (exact) mass is 266 g/mol. The van der Waals surface area contributed by atoms with Crippen LogP contribution in [-0.4, -0.2) is 9.97 Å². The Bertz CT molecular complexity index is 550. The van der Waals surface area contributed by atoms with Crippen molar-refractivity contribution in [3.8, 4) is 0 Å². The molecule has 0 saturated heterocycles. The number of aryl methyl sites for hydroxylation is 1. The zero-order chi connectivity index (χ0) is 11.8. The second-order valence-corrected chi connectivity index (χ2v) is 6.19. The van der Waals surface area contributed by atoms with Crippen LogP contribution in [0.1, 0.15) is 36.6 Å². The van der Waals surface area contributed by atoms with Gasteiger partial charge >= 0.3 is 0 Å². The topological polar surface area (TPSA) is 25.8 Å². The third kappa shape index (κ3) is 1.95. The number of halogens is 1. The molecule has 0 amide bonds. The van der Waals surface area contributed by atoms with Gasteiger partial charge in [0.1, 0.15) is 16.3 Å². The molecule has 0 fully saturated rings. The van der Waals surface area contributed by atoms with Gasteiger partial charge in [-0.2, -0.15) is 0 Å². The molecule has 0 saturated carbocycles. The molecular formula is C13H15ClN2S. The number of fused-ring (bicyclic) bond motifs is 3. The van der Waals surface area contributed by atoms with E-state index in [1.165, 1.54) is 36.1 Å². The molecule has 0 aliphatic heterocycles. The summed E-state index contributed by atoms with van der Waals surface area (Å²) < 4.78 is 0. The largest absolute Gasteiger partial charge is 0.225 e. The molecule has 0 spiro atoms. The highest BCUT2D eigenvalue weighted by atomic mass is 35.5. The Morgan fingerprint density at radius 2 is 2.35 bits per heavy atom. The van der Waals surface area contributed by atoms with Crippen molar-refractivity contribution >= 4 is 33.2 Å². The molecule has 1 atom stereocenters. The van der Waals surface area contributed by atoms with Crippen LogP contribution >= 0.6 is 22.9 Å². The molecule has 0 radical (unpaired) electrons. The van der Waals surface area contributed by atoms with E-state index >= 15 is 0 Å². The molecule has 17 heavy (non-hydrogen) atoms. The van der Waals surface area contributed by atoms with Gasteiger partial charge in [0.15, 0.2) is 0 Å². The van der Waals surface area contributed by atoms with Gasteiger partial charge in [0.05, 0.1) is 5.39 Å². The third-order valence-electron chi connectivity index (χ3n) is 3.59. The van der Waals surface area contributed by atoms with E-state index in [1.54, 1.807) is 17.7 Å². The third-order valence-corrected chi connectivity index (χ3v) is 5.08. The van der Waals surface area contributed by atoms with E-state index in [-0.39, 0.29) is 0 Å². The van der Waals surface area contributed by atoms with Crippen molar-refractivity contribution in [2.75, 3.05) is 0 Å². The van der Waals surface area contributed by atoms with E-state index in [2.05, 4.69) is 16.9 Å². The molecule has 2 aromatic rings. The number of thiophene rings is 1. The Balaban J connectivity index is 2.08. The number of hydrogen-bond donors (Lipinski definition) is 0. The molecule has 1 aliphatic carbocycles. The van der Waals surface area contributed by atoms with E-state index in [0.717, 1.165) is 22.6 Å². The number of rotatable bonds is 2. The van der Waals surface area contributed by atoms with Gasteiger partial charge in [0.2, 0.25) is 0 Å². The first-order valence-corrected chi connectivity index (χ1v) is 7.39. The van der Waals surface area contributed by atoms with Gasteiger partial charge in [-0.05, 0) is 30.7 Å². The summed E-state index contributed by atoms with van der Waals surface area (Å²) in [5, 5.41) is 1.75. The average molecular weight is 267 g/mol. The van der Waals surface area contributed by atoms with Crippen LogP contribution in [0.3, 0.4) is 0 Å². The fourth-order valence-electron chi connectivity index (χ4n) is 2.80. The first kappa shape index (κ1) is 11.4. The lowest BCUT2D eigenvalue weighted by Crippen LogP contribution is -2.12. The van der Waals surface area contributed by atoms with Gasteiger partial charge < -0.3 is 0 Å². The van der Waals surface area contributed by atoms with Crippen LogP contribution in [0.4, 0.5) is 0 Å². The molecule has 90 valence electrons. The summed E-state index contributed by atoms with van der Waals surface area (Å²) in [6, 6.07) is 0. The summed E-state index contributed by atoms with van der Waals surface area (Å²) in [5.41, 5.74) is 1.43. The molecule has 1 aliphatic rings. The number of nitrogens with zero attached hydrogens (tertiary/aromatic N) is 2. The highest BCUT2D eigenvalue weighted by Gasteiger charge is 2.24. The van der Waals surface area contributed by atoms with Crippen molar-refractivity contribution in [1.29, 1.82) is 0 Å². The quantitative estimate of drug-likeness (QED) is 0.760. The van der Waals surface area contributed by atoms with Crippen LogP contribution in [0.5, 0.6) is 0 Å². The SMILES string of the molecule is CCC[C@@H]1CCc2sc3ncnc(Cl)c3c2C1. The number of aromatic nitrogens is 2. The maximum absolute atomic E-state index is 6.22. The Kier molecular flexibility index (Phi) is 3.05. The van der Waals surface area contributed by atoms with Crippen LogP contribution in [0.15, 0.2) is 6.33 Å². The summed E-state index contributed by atoms with van der Waals surface area (Å²) in [6.07, 6.45) is 7.83. The Labute approximate surface area is 110 Å². The standard InChI is InChI=1S/C13H15ClN2S/c1-2-3-8-4-5-10-9(6-8)11-12(14)15-7-16-13(11)17-10/h7-8H,2-6H2,1H3/t8-/m1/s1. The van der Waals surface area contributed by atoms with Crippen LogP contribution in [0.2, 0.25) is 5.15 Å². The maximum Gasteiger partial charge on any atom is 0.141 e. The molecule has 3 rings (SSSR count). The molecular weight excluding hydrogens is 252 g/mol. The van der Waals surface area contributed by atoms with Crippen molar-refractivity contribution in [2.45, 2.75) is 39.0 Å².